The van der Waals surface area contributed by atoms with Crippen LogP contribution in [0.3, 0.4) is 0 Å². The van der Waals surface area contributed by atoms with Crippen molar-refractivity contribution in [3.8, 4) is 0 Å². The highest BCUT2D eigenvalue weighted by Gasteiger charge is 2.21. The summed E-state index contributed by atoms with van der Waals surface area (Å²) in [6, 6.07) is 5.90. The Bertz CT molecular complexity index is 490. The zero-order valence-corrected chi connectivity index (χ0v) is 15.0. The van der Waals surface area contributed by atoms with Crippen LogP contribution in [0.4, 0.5) is 5.69 Å². The standard InChI is InChI=1S/C19H29NO2.ClH/c1-2-3-4-5-6-7-8-9-10-17-14-16-13-15(19(21)22)11-12-18(16)20-17;/h11-13,17,20H,2-10,14H2,1H3,(H,21,22);1H. The molecule has 1 aromatic rings. The molecule has 0 fully saturated rings. The van der Waals surface area contributed by atoms with E-state index >= 15 is 0 Å². The second-order valence-electron chi connectivity index (χ2n) is 6.49. The Hall–Kier alpha value is -1.22. The van der Waals surface area contributed by atoms with Crippen molar-refractivity contribution in [2.75, 3.05) is 5.32 Å². The van der Waals surface area contributed by atoms with Gasteiger partial charge in [0.25, 0.3) is 0 Å². The van der Waals surface area contributed by atoms with E-state index in [4.69, 9.17) is 5.11 Å². The predicted molar refractivity (Wildman–Crippen MR) is 99.0 cm³/mol. The number of fused-ring (bicyclic) bond motifs is 1. The Labute approximate surface area is 146 Å². The Kier molecular flexibility index (Phi) is 9.08. The maximum Gasteiger partial charge on any atom is 0.335 e. The van der Waals surface area contributed by atoms with Crippen molar-refractivity contribution in [1.29, 1.82) is 0 Å². The number of hydrogen-bond donors (Lipinski definition) is 2. The molecule has 4 heteroatoms. The molecule has 1 atom stereocenters. The smallest absolute Gasteiger partial charge is 0.335 e. The average Bonchev–Trinajstić information content (AvgIpc) is 2.91. The third kappa shape index (κ3) is 6.42. The van der Waals surface area contributed by atoms with Crippen LogP contribution in [0.15, 0.2) is 18.2 Å². The van der Waals surface area contributed by atoms with E-state index in [1.165, 1.54) is 57.8 Å². The lowest BCUT2D eigenvalue weighted by molar-refractivity contribution is 0.0697. The van der Waals surface area contributed by atoms with Crippen molar-refractivity contribution in [3.05, 3.63) is 29.3 Å². The lowest BCUT2D eigenvalue weighted by Gasteiger charge is -2.10. The number of carbonyl (C=O) groups is 1. The molecule has 1 aliphatic heterocycles. The minimum absolute atomic E-state index is 0. The number of aromatic carboxylic acids is 1. The zero-order chi connectivity index (χ0) is 15.8. The molecule has 1 unspecified atom stereocenters. The monoisotopic (exact) mass is 339 g/mol. The summed E-state index contributed by atoms with van der Waals surface area (Å²) < 4.78 is 0. The first kappa shape index (κ1) is 19.8. The van der Waals surface area contributed by atoms with Gasteiger partial charge in [0.15, 0.2) is 0 Å². The van der Waals surface area contributed by atoms with Gasteiger partial charge in [0.2, 0.25) is 0 Å². The van der Waals surface area contributed by atoms with Crippen LogP contribution in [0.25, 0.3) is 0 Å². The number of halogens is 1. The Balaban J connectivity index is 0.00000264. The second-order valence-corrected chi connectivity index (χ2v) is 6.49. The van der Waals surface area contributed by atoms with E-state index in [2.05, 4.69) is 12.2 Å². The predicted octanol–water partition coefficient (Wildman–Crippen LogP) is 5.67. The normalized spacial score (nSPS) is 15.6. The number of carboxylic acid groups (broad SMARTS) is 1. The third-order valence-electron chi connectivity index (χ3n) is 4.58. The third-order valence-corrected chi connectivity index (χ3v) is 4.58. The lowest BCUT2D eigenvalue weighted by Crippen LogP contribution is -2.14. The molecular weight excluding hydrogens is 310 g/mol. The number of benzene rings is 1. The molecule has 0 saturated heterocycles. The molecule has 0 amide bonds. The highest BCUT2D eigenvalue weighted by Crippen LogP contribution is 2.29. The molecule has 2 rings (SSSR count). The van der Waals surface area contributed by atoms with Crippen LogP contribution in [0, 0.1) is 0 Å². The van der Waals surface area contributed by atoms with Crippen molar-refractivity contribution in [2.45, 2.75) is 77.2 Å². The van der Waals surface area contributed by atoms with Gasteiger partial charge >= 0.3 is 5.97 Å². The molecule has 2 N–H and O–H groups in total. The van der Waals surface area contributed by atoms with Gasteiger partial charge in [-0.3, -0.25) is 0 Å². The van der Waals surface area contributed by atoms with E-state index in [-0.39, 0.29) is 12.4 Å². The SMILES string of the molecule is CCCCCCCCCCC1Cc2cc(C(=O)O)ccc2N1.Cl. The van der Waals surface area contributed by atoms with Crippen molar-refractivity contribution in [2.24, 2.45) is 0 Å². The summed E-state index contributed by atoms with van der Waals surface area (Å²) in [5.41, 5.74) is 2.67. The molecule has 0 bridgehead atoms. The lowest BCUT2D eigenvalue weighted by atomic mass is 10.0. The summed E-state index contributed by atoms with van der Waals surface area (Å²) in [7, 11) is 0. The maximum absolute atomic E-state index is 11.0. The van der Waals surface area contributed by atoms with Crippen LogP contribution in [0.1, 0.15) is 80.6 Å². The highest BCUT2D eigenvalue weighted by atomic mass is 35.5. The number of unbranched alkanes of at least 4 members (excludes halogenated alkanes) is 7. The number of nitrogens with one attached hydrogen (secondary N) is 1. The summed E-state index contributed by atoms with van der Waals surface area (Å²) in [6.45, 7) is 2.26. The summed E-state index contributed by atoms with van der Waals surface area (Å²) in [6.07, 6.45) is 12.9. The molecule has 0 saturated carbocycles. The first-order valence-electron chi connectivity index (χ1n) is 8.83. The van der Waals surface area contributed by atoms with Gasteiger partial charge in [-0.05, 0) is 36.6 Å². The van der Waals surface area contributed by atoms with Gasteiger partial charge in [-0.2, -0.15) is 0 Å². The Morgan fingerprint density at radius 1 is 1.13 bits per heavy atom. The molecular formula is C19H30ClNO2. The topological polar surface area (TPSA) is 49.3 Å². The van der Waals surface area contributed by atoms with E-state index < -0.39 is 5.97 Å². The van der Waals surface area contributed by atoms with Crippen molar-refractivity contribution < 1.29 is 9.90 Å². The van der Waals surface area contributed by atoms with Gasteiger partial charge in [-0.1, -0.05) is 58.3 Å². The molecule has 3 nitrogen and oxygen atoms in total. The molecule has 130 valence electrons. The minimum Gasteiger partial charge on any atom is -0.478 e. The van der Waals surface area contributed by atoms with Crippen LogP contribution in [0.2, 0.25) is 0 Å². The molecule has 23 heavy (non-hydrogen) atoms. The summed E-state index contributed by atoms with van der Waals surface area (Å²) in [4.78, 5) is 11.0. The van der Waals surface area contributed by atoms with Crippen LogP contribution < -0.4 is 5.32 Å². The fourth-order valence-corrected chi connectivity index (χ4v) is 3.27. The Morgan fingerprint density at radius 3 is 2.43 bits per heavy atom. The molecule has 1 aliphatic rings. The molecule has 0 spiro atoms. The van der Waals surface area contributed by atoms with Gasteiger partial charge in [0.05, 0.1) is 5.56 Å². The van der Waals surface area contributed by atoms with E-state index in [1.807, 2.05) is 12.1 Å². The average molecular weight is 340 g/mol. The second kappa shape index (κ2) is 10.5. The summed E-state index contributed by atoms with van der Waals surface area (Å²) in [5.74, 6) is -0.839. The van der Waals surface area contributed by atoms with Crippen molar-refractivity contribution in [3.63, 3.8) is 0 Å². The number of hydrogen-bond acceptors (Lipinski definition) is 2. The molecule has 0 radical (unpaired) electrons. The highest BCUT2D eigenvalue weighted by molar-refractivity contribution is 5.88. The van der Waals surface area contributed by atoms with Gasteiger partial charge in [0, 0.05) is 11.7 Å². The molecule has 0 aromatic heterocycles. The van der Waals surface area contributed by atoms with Crippen LogP contribution in [0.5, 0.6) is 0 Å². The molecule has 1 aromatic carbocycles. The quantitative estimate of drug-likeness (QED) is 0.539. The summed E-state index contributed by atoms with van der Waals surface area (Å²) in [5, 5.41) is 12.6. The first-order chi connectivity index (χ1) is 10.7. The maximum atomic E-state index is 11.0. The summed E-state index contributed by atoms with van der Waals surface area (Å²) >= 11 is 0. The number of anilines is 1. The molecule has 0 aliphatic carbocycles. The van der Waals surface area contributed by atoms with E-state index in [0.717, 1.165) is 17.7 Å². The van der Waals surface area contributed by atoms with Crippen LogP contribution >= 0.6 is 12.4 Å². The molecule has 1 heterocycles. The zero-order valence-electron chi connectivity index (χ0n) is 14.1. The van der Waals surface area contributed by atoms with Gasteiger partial charge < -0.3 is 10.4 Å². The van der Waals surface area contributed by atoms with Crippen molar-refractivity contribution in [1.82, 2.24) is 0 Å². The number of rotatable bonds is 10. The Morgan fingerprint density at radius 2 is 1.78 bits per heavy atom. The van der Waals surface area contributed by atoms with E-state index in [1.54, 1.807) is 6.07 Å². The fourth-order valence-electron chi connectivity index (χ4n) is 3.27. The van der Waals surface area contributed by atoms with Gasteiger partial charge in [0.1, 0.15) is 0 Å². The first-order valence-corrected chi connectivity index (χ1v) is 8.83. The fraction of sp³-hybridized carbons (Fsp3) is 0.632. The largest absolute Gasteiger partial charge is 0.478 e. The van der Waals surface area contributed by atoms with E-state index in [0.29, 0.717) is 11.6 Å². The van der Waals surface area contributed by atoms with E-state index in [9.17, 15) is 4.79 Å². The van der Waals surface area contributed by atoms with Gasteiger partial charge in [-0.25, -0.2) is 4.79 Å². The van der Waals surface area contributed by atoms with Crippen LogP contribution in [-0.2, 0) is 6.42 Å². The minimum atomic E-state index is -0.839. The van der Waals surface area contributed by atoms with Crippen LogP contribution in [-0.4, -0.2) is 17.1 Å². The van der Waals surface area contributed by atoms with Gasteiger partial charge in [-0.15, -0.1) is 12.4 Å². The van der Waals surface area contributed by atoms with Crippen molar-refractivity contribution >= 4 is 24.1 Å². The number of carboxylic acids is 1.